The molecule has 0 spiro atoms. The van der Waals surface area contributed by atoms with E-state index in [2.05, 4.69) is 19.2 Å². The molecule has 0 saturated heterocycles. The number of nitrogens with two attached hydrogens (primary N) is 1. The van der Waals surface area contributed by atoms with Gasteiger partial charge in [0.2, 0.25) is 5.91 Å². The third-order valence-corrected chi connectivity index (χ3v) is 1.95. The molecular weight excluding hydrogens is 152 g/mol. The third-order valence-electron chi connectivity index (χ3n) is 1.95. The van der Waals surface area contributed by atoms with Crippen molar-refractivity contribution in [2.75, 3.05) is 13.1 Å². The van der Waals surface area contributed by atoms with E-state index in [9.17, 15) is 4.79 Å². The van der Waals surface area contributed by atoms with E-state index in [1.54, 1.807) is 0 Å². The van der Waals surface area contributed by atoms with Gasteiger partial charge in [0.05, 0.1) is 0 Å². The van der Waals surface area contributed by atoms with Gasteiger partial charge in [-0.2, -0.15) is 0 Å². The minimum Gasteiger partial charge on any atom is -0.356 e. The van der Waals surface area contributed by atoms with Gasteiger partial charge in [0.25, 0.3) is 0 Å². The largest absolute Gasteiger partial charge is 0.356 e. The second-order valence-corrected chi connectivity index (χ2v) is 3.21. The van der Waals surface area contributed by atoms with Gasteiger partial charge in [-0.15, -0.1) is 0 Å². The van der Waals surface area contributed by atoms with Crippen molar-refractivity contribution in [1.82, 2.24) is 5.32 Å². The normalized spacial score (nSPS) is 12.6. The molecule has 0 fully saturated rings. The highest BCUT2D eigenvalue weighted by Crippen LogP contribution is 1.97. The monoisotopic (exact) mass is 172 g/mol. The molecule has 0 aromatic heterocycles. The van der Waals surface area contributed by atoms with E-state index in [0.29, 0.717) is 18.9 Å². The number of rotatable bonds is 6. The summed E-state index contributed by atoms with van der Waals surface area (Å²) in [6.45, 7) is 5.64. The second-order valence-electron chi connectivity index (χ2n) is 3.21. The summed E-state index contributed by atoms with van der Waals surface area (Å²) in [6.07, 6.45) is 2.45. The fourth-order valence-corrected chi connectivity index (χ4v) is 0.783. The van der Waals surface area contributed by atoms with Gasteiger partial charge in [-0.25, -0.2) is 0 Å². The lowest BCUT2D eigenvalue weighted by atomic mass is 10.1. The standard InChI is InChI=1S/C9H20N2O/c1-3-8(2)7-11-9(12)5-4-6-10/h8H,3-7,10H2,1-2H3,(H,11,12). The van der Waals surface area contributed by atoms with Crippen LogP contribution in [0.5, 0.6) is 0 Å². The highest BCUT2D eigenvalue weighted by Gasteiger charge is 2.02. The molecule has 0 radical (unpaired) electrons. The van der Waals surface area contributed by atoms with Crippen molar-refractivity contribution in [2.45, 2.75) is 33.1 Å². The average molecular weight is 172 g/mol. The molecule has 0 aliphatic heterocycles. The van der Waals surface area contributed by atoms with Crippen LogP contribution >= 0.6 is 0 Å². The Morgan fingerprint density at radius 3 is 2.75 bits per heavy atom. The first-order valence-electron chi connectivity index (χ1n) is 4.67. The first-order chi connectivity index (χ1) is 5.70. The molecule has 1 amide bonds. The Balaban J connectivity index is 3.31. The number of nitrogens with one attached hydrogen (secondary N) is 1. The fourth-order valence-electron chi connectivity index (χ4n) is 0.783. The Hall–Kier alpha value is -0.570. The van der Waals surface area contributed by atoms with Crippen LogP contribution in [0.4, 0.5) is 0 Å². The Kier molecular flexibility index (Phi) is 6.76. The molecular formula is C9H20N2O. The zero-order valence-electron chi connectivity index (χ0n) is 8.10. The lowest BCUT2D eigenvalue weighted by Gasteiger charge is -2.09. The highest BCUT2D eigenvalue weighted by atomic mass is 16.1. The van der Waals surface area contributed by atoms with Crippen LogP contribution in [0.2, 0.25) is 0 Å². The molecule has 0 aromatic rings. The Morgan fingerprint density at radius 1 is 1.58 bits per heavy atom. The average Bonchev–Trinajstić information content (AvgIpc) is 2.10. The predicted molar refractivity (Wildman–Crippen MR) is 50.8 cm³/mol. The number of hydrogen-bond donors (Lipinski definition) is 2. The molecule has 12 heavy (non-hydrogen) atoms. The fraction of sp³-hybridized carbons (Fsp3) is 0.889. The Bertz CT molecular complexity index is 126. The highest BCUT2D eigenvalue weighted by molar-refractivity contribution is 5.75. The number of hydrogen-bond acceptors (Lipinski definition) is 2. The van der Waals surface area contributed by atoms with E-state index in [0.717, 1.165) is 19.4 Å². The molecule has 0 aliphatic rings. The van der Waals surface area contributed by atoms with E-state index in [-0.39, 0.29) is 5.91 Å². The van der Waals surface area contributed by atoms with E-state index >= 15 is 0 Å². The Morgan fingerprint density at radius 2 is 2.25 bits per heavy atom. The first kappa shape index (κ1) is 11.4. The van der Waals surface area contributed by atoms with Crippen molar-refractivity contribution in [3.8, 4) is 0 Å². The SMILES string of the molecule is CCC(C)CNC(=O)CCCN. The summed E-state index contributed by atoms with van der Waals surface area (Å²) in [5, 5.41) is 2.87. The minimum atomic E-state index is 0.126. The van der Waals surface area contributed by atoms with Crippen molar-refractivity contribution < 1.29 is 4.79 Å². The molecule has 0 heterocycles. The van der Waals surface area contributed by atoms with Crippen LogP contribution in [-0.4, -0.2) is 19.0 Å². The van der Waals surface area contributed by atoms with Crippen molar-refractivity contribution in [3.63, 3.8) is 0 Å². The maximum Gasteiger partial charge on any atom is 0.220 e. The molecule has 0 bridgehead atoms. The van der Waals surface area contributed by atoms with Crippen LogP contribution in [0.3, 0.4) is 0 Å². The molecule has 3 heteroatoms. The van der Waals surface area contributed by atoms with Gasteiger partial charge in [0, 0.05) is 13.0 Å². The van der Waals surface area contributed by atoms with Crippen LogP contribution in [-0.2, 0) is 4.79 Å². The van der Waals surface area contributed by atoms with E-state index in [1.165, 1.54) is 0 Å². The second kappa shape index (κ2) is 7.10. The Labute approximate surface area is 74.7 Å². The first-order valence-corrected chi connectivity index (χ1v) is 4.67. The van der Waals surface area contributed by atoms with Gasteiger partial charge in [0.15, 0.2) is 0 Å². The number of amides is 1. The molecule has 0 aliphatic carbocycles. The van der Waals surface area contributed by atoms with Gasteiger partial charge in [-0.05, 0) is 18.9 Å². The molecule has 0 aromatic carbocycles. The summed E-state index contributed by atoms with van der Waals surface area (Å²) in [4.78, 5) is 11.1. The lowest BCUT2D eigenvalue weighted by Crippen LogP contribution is -2.28. The van der Waals surface area contributed by atoms with Crippen molar-refractivity contribution in [3.05, 3.63) is 0 Å². The maximum atomic E-state index is 11.1. The van der Waals surface area contributed by atoms with Crippen LogP contribution in [0.1, 0.15) is 33.1 Å². The van der Waals surface area contributed by atoms with Gasteiger partial charge >= 0.3 is 0 Å². The lowest BCUT2D eigenvalue weighted by molar-refractivity contribution is -0.121. The molecule has 72 valence electrons. The summed E-state index contributed by atoms with van der Waals surface area (Å²) in [7, 11) is 0. The molecule has 3 N–H and O–H groups in total. The van der Waals surface area contributed by atoms with Crippen LogP contribution < -0.4 is 11.1 Å². The summed E-state index contributed by atoms with van der Waals surface area (Å²) in [6, 6.07) is 0. The van der Waals surface area contributed by atoms with Gasteiger partial charge in [-0.3, -0.25) is 4.79 Å². The number of carbonyl (C=O) groups excluding carboxylic acids is 1. The summed E-state index contributed by atoms with van der Waals surface area (Å²) < 4.78 is 0. The summed E-state index contributed by atoms with van der Waals surface area (Å²) in [5.41, 5.74) is 5.28. The predicted octanol–water partition coefficient (Wildman–Crippen LogP) is 0.888. The molecule has 3 nitrogen and oxygen atoms in total. The zero-order valence-corrected chi connectivity index (χ0v) is 8.10. The van der Waals surface area contributed by atoms with Gasteiger partial charge < -0.3 is 11.1 Å². The molecule has 0 rings (SSSR count). The van der Waals surface area contributed by atoms with Crippen LogP contribution in [0.25, 0.3) is 0 Å². The van der Waals surface area contributed by atoms with Crippen molar-refractivity contribution >= 4 is 5.91 Å². The van der Waals surface area contributed by atoms with E-state index in [4.69, 9.17) is 5.73 Å². The maximum absolute atomic E-state index is 11.1. The van der Waals surface area contributed by atoms with Gasteiger partial charge in [-0.1, -0.05) is 20.3 Å². The zero-order chi connectivity index (χ0) is 9.40. The smallest absolute Gasteiger partial charge is 0.220 e. The third kappa shape index (κ3) is 6.16. The van der Waals surface area contributed by atoms with Crippen LogP contribution in [0, 0.1) is 5.92 Å². The summed E-state index contributed by atoms with van der Waals surface area (Å²) >= 11 is 0. The number of carbonyl (C=O) groups is 1. The quantitative estimate of drug-likeness (QED) is 0.625. The molecule has 1 unspecified atom stereocenters. The van der Waals surface area contributed by atoms with Crippen LogP contribution in [0.15, 0.2) is 0 Å². The van der Waals surface area contributed by atoms with Crippen molar-refractivity contribution in [2.24, 2.45) is 11.7 Å². The molecule has 1 atom stereocenters. The minimum absolute atomic E-state index is 0.126. The van der Waals surface area contributed by atoms with E-state index in [1.807, 2.05) is 0 Å². The van der Waals surface area contributed by atoms with Gasteiger partial charge in [0.1, 0.15) is 0 Å². The molecule has 0 saturated carbocycles. The summed E-state index contributed by atoms with van der Waals surface area (Å²) in [5.74, 6) is 0.701. The van der Waals surface area contributed by atoms with E-state index < -0.39 is 0 Å². The van der Waals surface area contributed by atoms with Crippen molar-refractivity contribution in [1.29, 1.82) is 0 Å². The topological polar surface area (TPSA) is 55.1 Å².